The number of hydrogen-bond donors (Lipinski definition) is 0. The van der Waals surface area contributed by atoms with Crippen LogP contribution in [0, 0.1) is 0 Å². The van der Waals surface area contributed by atoms with Crippen LogP contribution < -0.4 is 0 Å². The lowest BCUT2D eigenvalue weighted by molar-refractivity contribution is -0.131. The summed E-state index contributed by atoms with van der Waals surface area (Å²) in [6.45, 7) is 6.01. The maximum atomic E-state index is 12.0. The van der Waals surface area contributed by atoms with Crippen molar-refractivity contribution in [2.45, 2.75) is 45.6 Å². The molecule has 17 heavy (non-hydrogen) atoms. The lowest BCUT2D eigenvalue weighted by Crippen LogP contribution is -2.36. The third-order valence-electron chi connectivity index (χ3n) is 3.23. The Hall–Kier alpha value is -1.32. The Morgan fingerprint density at radius 3 is 2.65 bits per heavy atom. The lowest BCUT2D eigenvalue weighted by Gasteiger charge is -2.26. The summed E-state index contributed by atoms with van der Waals surface area (Å²) in [5.74, 6) is 0.221. The molecule has 0 N–H and O–H groups in total. The van der Waals surface area contributed by atoms with Gasteiger partial charge in [-0.25, -0.2) is 0 Å². The molecule has 2 rings (SSSR count). The number of likely N-dealkylation sites (tertiary alicyclic amines) is 1. The topological polar surface area (TPSA) is 38.1 Å². The van der Waals surface area contributed by atoms with E-state index in [-0.39, 0.29) is 5.91 Å². The van der Waals surface area contributed by atoms with Crippen molar-refractivity contribution in [2.24, 2.45) is 0 Å². The summed E-state index contributed by atoms with van der Waals surface area (Å²) < 4.78 is 1.90. The number of amides is 1. The fraction of sp³-hybridized carbons (Fsp3) is 0.692. The average Bonchev–Trinajstić information content (AvgIpc) is 2.79. The second-order valence-corrected chi connectivity index (χ2v) is 5.00. The van der Waals surface area contributed by atoms with Crippen molar-refractivity contribution < 1.29 is 4.79 Å². The van der Waals surface area contributed by atoms with E-state index in [2.05, 4.69) is 18.9 Å². The van der Waals surface area contributed by atoms with Gasteiger partial charge in [-0.15, -0.1) is 0 Å². The van der Waals surface area contributed by atoms with Gasteiger partial charge in [0.05, 0.1) is 12.1 Å². The molecule has 1 aromatic heterocycles. The SMILES string of the molecule is CC(C)n1ccc(CC(=O)N2CCCCC2)n1. The van der Waals surface area contributed by atoms with Crippen molar-refractivity contribution in [3.05, 3.63) is 18.0 Å². The first kappa shape index (κ1) is 12.1. The fourth-order valence-corrected chi connectivity index (χ4v) is 2.17. The third-order valence-corrected chi connectivity index (χ3v) is 3.23. The van der Waals surface area contributed by atoms with Gasteiger partial charge in [0.25, 0.3) is 0 Å². The molecule has 94 valence electrons. The normalized spacial score (nSPS) is 16.5. The Morgan fingerprint density at radius 1 is 1.35 bits per heavy atom. The number of hydrogen-bond acceptors (Lipinski definition) is 2. The molecule has 1 saturated heterocycles. The van der Waals surface area contributed by atoms with E-state index in [4.69, 9.17) is 0 Å². The van der Waals surface area contributed by atoms with Crippen LogP contribution in [-0.2, 0) is 11.2 Å². The average molecular weight is 235 g/mol. The standard InChI is InChI=1S/C13H21N3O/c1-11(2)16-9-6-12(14-16)10-13(17)15-7-4-3-5-8-15/h6,9,11H,3-5,7-8,10H2,1-2H3. The molecule has 0 bridgehead atoms. The third kappa shape index (κ3) is 3.08. The summed E-state index contributed by atoms with van der Waals surface area (Å²) in [6, 6.07) is 2.30. The summed E-state index contributed by atoms with van der Waals surface area (Å²) in [6.07, 6.45) is 5.94. The van der Waals surface area contributed by atoms with Crippen LogP contribution in [0.3, 0.4) is 0 Å². The molecule has 0 aromatic carbocycles. The minimum atomic E-state index is 0.221. The Labute approximate surface area is 103 Å². The zero-order valence-electron chi connectivity index (χ0n) is 10.7. The fourth-order valence-electron chi connectivity index (χ4n) is 2.17. The van der Waals surface area contributed by atoms with E-state index in [1.165, 1.54) is 6.42 Å². The molecule has 0 radical (unpaired) electrons. The monoisotopic (exact) mass is 235 g/mol. The first-order chi connectivity index (χ1) is 8.16. The molecule has 4 nitrogen and oxygen atoms in total. The van der Waals surface area contributed by atoms with Crippen LogP contribution in [0.25, 0.3) is 0 Å². The summed E-state index contributed by atoms with van der Waals surface area (Å²) in [5, 5.41) is 4.41. The predicted molar refractivity (Wildman–Crippen MR) is 66.7 cm³/mol. The van der Waals surface area contributed by atoms with Crippen LogP contribution in [0.2, 0.25) is 0 Å². The molecule has 1 aliphatic heterocycles. The smallest absolute Gasteiger partial charge is 0.228 e. The molecule has 0 unspecified atom stereocenters. The Kier molecular flexibility index (Phi) is 3.82. The number of nitrogens with zero attached hydrogens (tertiary/aromatic N) is 3. The molecule has 0 aliphatic carbocycles. The minimum Gasteiger partial charge on any atom is -0.342 e. The van der Waals surface area contributed by atoms with Crippen LogP contribution in [0.15, 0.2) is 12.3 Å². The largest absolute Gasteiger partial charge is 0.342 e. The first-order valence-electron chi connectivity index (χ1n) is 6.48. The highest BCUT2D eigenvalue weighted by Crippen LogP contribution is 2.11. The van der Waals surface area contributed by atoms with E-state index in [9.17, 15) is 4.79 Å². The molecule has 0 saturated carbocycles. The maximum absolute atomic E-state index is 12.0. The van der Waals surface area contributed by atoms with Gasteiger partial charge < -0.3 is 4.90 Å². The lowest BCUT2D eigenvalue weighted by atomic mass is 10.1. The van der Waals surface area contributed by atoms with Gasteiger partial charge in [0, 0.05) is 25.3 Å². The zero-order chi connectivity index (χ0) is 12.3. The molecule has 0 atom stereocenters. The zero-order valence-corrected chi connectivity index (χ0v) is 10.7. The molecular weight excluding hydrogens is 214 g/mol. The molecule has 1 aliphatic rings. The van der Waals surface area contributed by atoms with Gasteiger partial charge in [0.1, 0.15) is 0 Å². The molecule has 1 fully saturated rings. The van der Waals surface area contributed by atoms with Gasteiger partial charge in [-0.1, -0.05) is 0 Å². The highest BCUT2D eigenvalue weighted by Gasteiger charge is 2.17. The molecule has 1 amide bonds. The summed E-state index contributed by atoms with van der Waals surface area (Å²) in [7, 11) is 0. The second kappa shape index (κ2) is 5.34. The van der Waals surface area contributed by atoms with Crippen LogP contribution in [-0.4, -0.2) is 33.7 Å². The molecular formula is C13H21N3O. The van der Waals surface area contributed by atoms with Gasteiger partial charge >= 0.3 is 0 Å². The van der Waals surface area contributed by atoms with E-state index in [0.29, 0.717) is 12.5 Å². The second-order valence-electron chi connectivity index (χ2n) is 5.00. The molecule has 2 heterocycles. The van der Waals surface area contributed by atoms with E-state index in [0.717, 1.165) is 31.6 Å². The molecule has 4 heteroatoms. The summed E-state index contributed by atoms with van der Waals surface area (Å²) in [4.78, 5) is 14.0. The van der Waals surface area contributed by atoms with Crippen molar-refractivity contribution in [3.63, 3.8) is 0 Å². The van der Waals surface area contributed by atoms with Gasteiger partial charge in [-0.2, -0.15) is 5.10 Å². The number of carbonyl (C=O) groups excluding carboxylic acids is 1. The summed E-state index contributed by atoms with van der Waals surface area (Å²) in [5.41, 5.74) is 0.884. The first-order valence-corrected chi connectivity index (χ1v) is 6.48. The summed E-state index contributed by atoms with van der Waals surface area (Å²) >= 11 is 0. The highest BCUT2D eigenvalue weighted by molar-refractivity contribution is 5.78. The van der Waals surface area contributed by atoms with Crippen LogP contribution in [0.5, 0.6) is 0 Å². The van der Waals surface area contributed by atoms with Crippen molar-refractivity contribution in [1.29, 1.82) is 0 Å². The number of carbonyl (C=O) groups is 1. The molecule has 0 spiro atoms. The Morgan fingerprint density at radius 2 is 2.06 bits per heavy atom. The van der Waals surface area contributed by atoms with Gasteiger partial charge in [0.15, 0.2) is 0 Å². The predicted octanol–water partition coefficient (Wildman–Crippen LogP) is 2.02. The van der Waals surface area contributed by atoms with E-state index < -0.39 is 0 Å². The van der Waals surface area contributed by atoms with Crippen LogP contribution in [0.4, 0.5) is 0 Å². The number of rotatable bonds is 3. The van der Waals surface area contributed by atoms with E-state index in [1.54, 1.807) is 0 Å². The van der Waals surface area contributed by atoms with Crippen LogP contribution in [0.1, 0.15) is 44.8 Å². The maximum Gasteiger partial charge on any atom is 0.228 e. The van der Waals surface area contributed by atoms with Crippen LogP contribution >= 0.6 is 0 Å². The van der Waals surface area contributed by atoms with Crippen molar-refractivity contribution in [1.82, 2.24) is 14.7 Å². The van der Waals surface area contributed by atoms with Gasteiger partial charge in [-0.05, 0) is 39.2 Å². The Balaban J connectivity index is 1.92. The quantitative estimate of drug-likeness (QED) is 0.804. The van der Waals surface area contributed by atoms with Crippen molar-refractivity contribution >= 4 is 5.91 Å². The van der Waals surface area contributed by atoms with E-state index in [1.807, 2.05) is 21.8 Å². The number of aromatic nitrogens is 2. The van der Waals surface area contributed by atoms with Gasteiger partial charge in [0.2, 0.25) is 5.91 Å². The molecule has 1 aromatic rings. The van der Waals surface area contributed by atoms with E-state index >= 15 is 0 Å². The highest BCUT2D eigenvalue weighted by atomic mass is 16.2. The van der Waals surface area contributed by atoms with Gasteiger partial charge in [-0.3, -0.25) is 9.48 Å². The van der Waals surface area contributed by atoms with Crippen molar-refractivity contribution in [3.8, 4) is 0 Å². The Bertz CT molecular complexity index is 378. The number of piperidine rings is 1. The van der Waals surface area contributed by atoms with Crippen molar-refractivity contribution in [2.75, 3.05) is 13.1 Å². The minimum absolute atomic E-state index is 0.221.